The van der Waals surface area contributed by atoms with Gasteiger partial charge in [-0.25, -0.2) is 9.69 Å². The summed E-state index contributed by atoms with van der Waals surface area (Å²) < 4.78 is 0. The third-order valence-electron chi connectivity index (χ3n) is 5.95. The molecule has 4 N–H and O–H groups in total. The Balaban J connectivity index is 2.23. The van der Waals surface area contributed by atoms with E-state index in [-0.39, 0.29) is 43.7 Å². The first-order valence-electron chi connectivity index (χ1n) is 11.7. The van der Waals surface area contributed by atoms with Gasteiger partial charge in [-0.2, -0.15) is 0 Å². The van der Waals surface area contributed by atoms with Gasteiger partial charge in [0.1, 0.15) is 6.04 Å². The van der Waals surface area contributed by atoms with Gasteiger partial charge in [0, 0.05) is 12.5 Å². The lowest BCUT2D eigenvalue weighted by Gasteiger charge is -2.26. The van der Waals surface area contributed by atoms with Crippen molar-refractivity contribution in [3.05, 3.63) is 12.7 Å². The standard InChI is InChI=1S/C23H35N5O6/c1-5-7-15(19(30)21(32)25-10-6-2)26-20(31)16-11-27(12-17(29)14-8-9-14)23(34)28(16)22(33)18(24)13(3)4/h6,13-16,18H,2,5,7-12,24H2,1,3-4H3,(H,25,32)(H,26,31). The van der Waals surface area contributed by atoms with Crippen LogP contribution < -0.4 is 16.4 Å². The lowest BCUT2D eigenvalue weighted by Crippen LogP contribution is -2.57. The Kier molecular flexibility index (Phi) is 9.48. The largest absolute Gasteiger partial charge is 0.346 e. The normalized spacial score (nSPS) is 19.6. The number of hydrogen-bond acceptors (Lipinski definition) is 7. The molecule has 3 unspecified atom stereocenters. The predicted molar refractivity (Wildman–Crippen MR) is 123 cm³/mol. The Hall–Kier alpha value is -3.08. The molecule has 1 aliphatic heterocycles. The Morgan fingerprint density at radius 1 is 1.21 bits per heavy atom. The molecule has 11 nitrogen and oxygen atoms in total. The molecular weight excluding hydrogens is 442 g/mol. The number of urea groups is 1. The van der Waals surface area contributed by atoms with Gasteiger partial charge < -0.3 is 21.3 Å². The van der Waals surface area contributed by atoms with Gasteiger partial charge in [-0.1, -0.05) is 33.3 Å². The van der Waals surface area contributed by atoms with Crippen molar-refractivity contribution in [3.63, 3.8) is 0 Å². The lowest BCUT2D eigenvalue weighted by atomic mass is 10.0. The van der Waals surface area contributed by atoms with Crippen LogP contribution in [0, 0.1) is 11.8 Å². The van der Waals surface area contributed by atoms with Gasteiger partial charge in [-0.05, 0) is 25.2 Å². The summed E-state index contributed by atoms with van der Waals surface area (Å²) in [6.07, 6.45) is 3.64. The van der Waals surface area contributed by atoms with E-state index in [1.807, 2.05) is 0 Å². The number of imide groups is 1. The quantitative estimate of drug-likeness (QED) is 0.243. The van der Waals surface area contributed by atoms with E-state index in [1.54, 1.807) is 20.8 Å². The number of nitrogens with two attached hydrogens (primary N) is 1. The number of Topliss-reactive ketones (excluding diaryl/α,β-unsaturated/α-hetero) is 2. The van der Waals surface area contributed by atoms with Crippen molar-refractivity contribution in [2.75, 3.05) is 19.6 Å². The van der Waals surface area contributed by atoms with Gasteiger partial charge in [0.05, 0.1) is 25.2 Å². The number of hydrogen-bond donors (Lipinski definition) is 3. The molecule has 0 aromatic rings. The van der Waals surface area contributed by atoms with Gasteiger partial charge in [0.2, 0.25) is 17.6 Å². The third-order valence-corrected chi connectivity index (χ3v) is 5.95. The Labute approximate surface area is 199 Å². The minimum Gasteiger partial charge on any atom is -0.346 e. The molecule has 188 valence electrons. The van der Waals surface area contributed by atoms with E-state index in [4.69, 9.17) is 5.73 Å². The zero-order valence-corrected chi connectivity index (χ0v) is 20.0. The van der Waals surface area contributed by atoms with Crippen LogP contribution >= 0.6 is 0 Å². The number of rotatable bonds is 13. The highest BCUT2D eigenvalue weighted by atomic mass is 16.2. The highest BCUT2D eigenvalue weighted by Crippen LogP contribution is 2.31. The van der Waals surface area contributed by atoms with Crippen molar-refractivity contribution >= 4 is 35.3 Å². The molecule has 1 aliphatic carbocycles. The van der Waals surface area contributed by atoms with Gasteiger partial charge in [0.25, 0.3) is 5.91 Å². The zero-order valence-electron chi connectivity index (χ0n) is 20.0. The smallest absolute Gasteiger partial charge is 0.328 e. The minimum atomic E-state index is -1.28. The molecule has 1 heterocycles. The van der Waals surface area contributed by atoms with Crippen LogP contribution in [0.25, 0.3) is 0 Å². The van der Waals surface area contributed by atoms with E-state index >= 15 is 0 Å². The fourth-order valence-electron chi connectivity index (χ4n) is 3.64. The number of ketones is 2. The summed E-state index contributed by atoms with van der Waals surface area (Å²) >= 11 is 0. The molecule has 0 aromatic carbocycles. The number of carbonyl (C=O) groups is 6. The third kappa shape index (κ3) is 6.49. The number of amides is 5. The van der Waals surface area contributed by atoms with E-state index in [0.717, 1.165) is 17.7 Å². The molecular formula is C23H35N5O6. The van der Waals surface area contributed by atoms with Crippen molar-refractivity contribution in [2.24, 2.45) is 17.6 Å². The molecule has 1 saturated heterocycles. The molecule has 2 rings (SSSR count). The monoisotopic (exact) mass is 477 g/mol. The molecule has 5 amide bonds. The maximum Gasteiger partial charge on any atom is 0.328 e. The van der Waals surface area contributed by atoms with E-state index in [1.165, 1.54) is 11.0 Å². The number of carbonyl (C=O) groups excluding carboxylic acids is 6. The summed E-state index contributed by atoms with van der Waals surface area (Å²) in [4.78, 5) is 78.2. The van der Waals surface area contributed by atoms with Crippen molar-refractivity contribution in [1.29, 1.82) is 0 Å². The fourth-order valence-corrected chi connectivity index (χ4v) is 3.64. The van der Waals surface area contributed by atoms with Crippen LogP contribution in [0.1, 0.15) is 46.5 Å². The van der Waals surface area contributed by atoms with Gasteiger partial charge in [-0.3, -0.25) is 24.0 Å². The van der Waals surface area contributed by atoms with E-state index in [2.05, 4.69) is 17.2 Å². The van der Waals surface area contributed by atoms with Crippen LogP contribution in [-0.2, 0) is 24.0 Å². The molecule has 11 heteroatoms. The Bertz CT molecular complexity index is 853. The SMILES string of the molecule is C=CCNC(=O)C(=O)C(CCC)NC(=O)C1CN(CC(=O)C2CC2)C(=O)N1C(=O)C(N)C(C)C. The fraction of sp³-hybridized carbons (Fsp3) is 0.652. The molecule has 0 aromatic heterocycles. The van der Waals surface area contributed by atoms with Crippen molar-refractivity contribution in [1.82, 2.24) is 20.4 Å². The van der Waals surface area contributed by atoms with Gasteiger partial charge in [-0.15, -0.1) is 6.58 Å². The summed E-state index contributed by atoms with van der Waals surface area (Å²) in [5.41, 5.74) is 5.98. The summed E-state index contributed by atoms with van der Waals surface area (Å²) in [5, 5.41) is 4.91. The second-order valence-corrected chi connectivity index (χ2v) is 9.11. The van der Waals surface area contributed by atoms with Gasteiger partial charge in [0.15, 0.2) is 5.78 Å². The molecule has 0 bridgehead atoms. The highest BCUT2D eigenvalue weighted by molar-refractivity contribution is 6.38. The molecule has 0 spiro atoms. The van der Waals surface area contributed by atoms with E-state index in [9.17, 15) is 28.8 Å². The summed E-state index contributed by atoms with van der Waals surface area (Å²) in [5.74, 6) is -3.71. The molecule has 34 heavy (non-hydrogen) atoms. The first-order valence-corrected chi connectivity index (χ1v) is 11.7. The number of nitrogens with one attached hydrogen (secondary N) is 2. The van der Waals surface area contributed by atoms with Crippen LogP contribution in [0.3, 0.4) is 0 Å². The van der Waals surface area contributed by atoms with Crippen molar-refractivity contribution in [2.45, 2.75) is 64.6 Å². The highest BCUT2D eigenvalue weighted by Gasteiger charge is 2.48. The average Bonchev–Trinajstić information content (AvgIpc) is 3.60. The molecule has 2 aliphatic rings. The summed E-state index contributed by atoms with van der Waals surface area (Å²) in [6.45, 7) is 8.38. The minimum absolute atomic E-state index is 0.0911. The Morgan fingerprint density at radius 3 is 2.38 bits per heavy atom. The van der Waals surface area contributed by atoms with Crippen LogP contribution in [0.4, 0.5) is 4.79 Å². The van der Waals surface area contributed by atoms with Crippen molar-refractivity contribution in [3.8, 4) is 0 Å². The lowest BCUT2D eigenvalue weighted by molar-refractivity contribution is -0.141. The second-order valence-electron chi connectivity index (χ2n) is 9.11. The average molecular weight is 478 g/mol. The van der Waals surface area contributed by atoms with Crippen LogP contribution in [0.2, 0.25) is 0 Å². The zero-order chi connectivity index (χ0) is 25.6. The number of nitrogens with zero attached hydrogens (tertiary/aromatic N) is 2. The van der Waals surface area contributed by atoms with Crippen LogP contribution in [0.15, 0.2) is 12.7 Å². The maximum atomic E-state index is 13.2. The van der Waals surface area contributed by atoms with E-state index < -0.39 is 47.7 Å². The van der Waals surface area contributed by atoms with Crippen molar-refractivity contribution < 1.29 is 28.8 Å². The first-order chi connectivity index (χ1) is 16.0. The summed E-state index contributed by atoms with van der Waals surface area (Å²) in [6, 6.07) is -4.20. The van der Waals surface area contributed by atoms with Gasteiger partial charge >= 0.3 is 6.03 Å². The molecule has 3 atom stereocenters. The topological polar surface area (TPSA) is 159 Å². The maximum absolute atomic E-state index is 13.2. The predicted octanol–water partition coefficient (Wildman–Crippen LogP) is -0.262. The van der Waals surface area contributed by atoms with Crippen LogP contribution in [0.5, 0.6) is 0 Å². The van der Waals surface area contributed by atoms with Crippen LogP contribution in [-0.4, -0.2) is 82.9 Å². The molecule has 1 saturated carbocycles. The van der Waals surface area contributed by atoms with E-state index in [0.29, 0.717) is 6.42 Å². The Morgan fingerprint density at radius 2 is 1.85 bits per heavy atom. The second kappa shape index (κ2) is 11.9. The summed E-state index contributed by atoms with van der Waals surface area (Å²) in [7, 11) is 0. The first kappa shape index (κ1) is 27.2. The molecule has 0 radical (unpaired) electrons. The molecule has 2 fully saturated rings.